The van der Waals surface area contributed by atoms with Gasteiger partial charge in [0, 0.05) is 0 Å². The SMILES string of the molecule is N#Cc1ccccc1Nc1ccc(NC(=O)c2cccs2)nc1. The summed E-state index contributed by atoms with van der Waals surface area (Å²) >= 11 is 1.38. The number of carbonyl (C=O) groups excluding carboxylic acids is 1. The van der Waals surface area contributed by atoms with Gasteiger partial charge in [-0.05, 0) is 35.7 Å². The molecule has 0 radical (unpaired) electrons. The van der Waals surface area contributed by atoms with Crippen LogP contribution in [0.15, 0.2) is 60.1 Å². The van der Waals surface area contributed by atoms with Crippen LogP contribution in [0.4, 0.5) is 17.2 Å². The lowest BCUT2D eigenvalue weighted by molar-refractivity contribution is 0.103. The van der Waals surface area contributed by atoms with E-state index in [1.165, 1.54) is 11.3 Å². The third-order valence-corrected chi connectivity index (χ3v) is 3.95. The van der Waals surface area contributed by atoms with E-state index in [9.17, 15) is 4.79 Å². The van der Waals surface area contributed by atoms with Crippen LogP contribution >= 0.6 is 11.3 Å². The van der Waals surface area contributed by atoms with E-state index >= 15 is 0 Å². The number of rotatable bonds is 4. The van der Waals surface area contributed by atoms with Crippen LogP contribution in [0.3, 0.4) is 0 Å². The molecule has 2 heterocycles. The van der Waals surface area contributed by atoms with Gasteiger partial charge in [-0.1, -0.05) is 18.2 Å². The largest absolute Gasteiger partial charge is 0.353 e. The number of hydrogen-bond acceptors (Lipinski definition) is 5. The highest BCUT2D eigenvalue weighted by Crippen LogP contribution is 2.20. The molecule has 0 saturated heterocycles. The second-order valence-corrected chi connectivity index (χ2v) is 5.59. The van der Waals surface area contributed by atoms with Gasteiger partial charge in [0.1, 0.15) is 11.9 Å². The lowest BCUT2D eigenvalue weighted by Crippen LogP contribution is -2.11. The van der Waals surface area contributed by atoms with Gasteiger partial charge in [0.15, 0.2) is 0 Å². The zero-order valence-electron chi connectivity index (χ0n) is 12.0. The van der Waals surface area contributed by atoms with Gasteiger partial charge in [0.05, 0.1) is 28.0 Å². The van der Waals surface area contributed by atoms with E-state index < -0.39 is 0 Å². The Hall–Kier alpha value is -3.17. The summed E-state index contributed by atoms with van der Waals surface area (Å²) in [5, 5.41) is 16.8. The second-order valence-electron chi connectivity index (χ2n) is 4.65. The van der Waals surface area contributed by atoms with Gasteiger partial charge in [-0.2, -0.15) is 5.26 Å². The maximum Gasteiger partial charge on any atom is 0.266 e. The number of nitriles is 1. The zero-order valence-corrected chi connectivity index (χ0v) is 12.8. The molecule has 3 aromatic rings. The van der Waals surface area contributed by atoms with Gasteiger partial charge in [-0.15, -0.1) is 11.3 Å². The molecule has 0 spiro atoms. The topological polar surface area (TPSA) is 77.8 Å². The Morgan fingerprint density at radius 3 is 2.70 bits per heavy atom. The summed E-state index contributed by atoms with van der Waals surface area (Å²) in [6.45, 7) is 0. The molecule has 0 aliphatic carbocycles. The molecule has 0 aliphatic rings. The Balaban J connectivity index is 1.70. The van der Waals surface area contributed by atoms with Crippen LogP contribution in [-0.2, 0) is 0 Å². The number of benzene rings is 1. The molecule has 0 fully saturated rings. The van der Waals surface area contributed by atoms with Crippen LogP contribution in [0.1, 0.15) is 15.2 Å². The Morgan fingerprint density at radius 1 is 1.13 bits per heavy atom. The van der Waals surface area contributed by atoms with Crippen LogP contribution in [0.2, 0.25) is 0 Å². The Kier molecular flexibility index (Phi) is 4.32. The first kappa shape index (κ1) is 14.8. The molecule has 0 atom stereocenters. The summed E-state index contributed by atoms with van der Waals surface area (Å²) < 4.78 is 0. The van der Waals surface area contributed by atoms with E-state index in [0.717, 1.165) is 5.69 Å². The molecule has 1 amide bonds. The lowest BCUT2D eigenvalue weighted by Gasteiger charge is -2.08. The smallest absolute Gasteiger partial charge is 0.266 e. The molecule has 5 nitrogen and oxygen atoms in total. The zero-order chi connectivity index (χ0) is 16.1. The molecule has 3 rings (SSSR count). The van der Waals surface area contributed by atoms with Crippen molar-refractivity contribution in [3.05, 3.63) is 70.5 Å². The summed E-state index contributed by atoms with van der Waals surface area (Å²) in [5.41, 5.74) is 2.01. The van der Waals surface area contributed by atoms with Crippen LogP contribution in [-0.4, -0.2) is 10.9 Å². The van der Waals surface area contributed by atoms with Crippen LogP contribution < -0.4 is 10.6 Å². The molecule has 2 N–H and O–H groups in total. The van der Waals surface area contributed by atoms with Gasteiger partial charge < -0.3 is 10.6 Å². The minimum Gasteiger partial charge on any atom is -0.353 e. The molecule has 0 aliphatic heterocycles. The minimum atomic E-state index is -0.178. The Labute approximate surface area is 137 Å². The highest BCUT2D eigenvalue weighted by atomic mass is 32.1. The quantitative estimate of drug-likeness (QED) is 0.761. The van der Waals surface area contributed by atoms with Gasteiger partial charge in [0.2, 0.25) is 0 Å². The van der Waals surface area contributed by atoms with Crippen molar-refractivity contribution in [2.24, 2.45) is 0 Å². The first-order chi connectivity index (χ1) is 11.3. The average Bonchev–Trinajstić information content (AvgIpc) is 3.12. The summed E-state index contributed by atoms with van der Waals surface area (Å²) in [7, 11) is 0. The predicted octanol–water partition coefficient (Wildman–Crippen LogP) is 4.01. The summed E-state index contributed by atoms with van der Waals surface area (Å²) in [6.07, 6.45) is 1.61. The van der Waals surface area contributed by atoms with Crippen LogP contribution in [0.5, 0.6) is 0 Å². The number of anilines is 3. The van der Waals surface area contributed by atoms with E-state index in [1.807, 2.05) is 29.6 Å². The van der Waals surface area contributed by atoms with Crippen molar-refractivity contribution in [1.82, 2.24) is 4.98 Å². The van der Waals surface area contributed by atoms with E-state index in [1.54, 1.807) is 30.5 Å². The van der Waals surface area contributed by atoms with Crippen molar-refractivity contribution in [1.29, 1.82) is 5.26 Å². The number of carbonyl (C=O) groups is 1. The molecule has 0 bridgehead atoms. The molecule has 23 heavy (non-hydrogen) atoms. The Morgan fingerprint density at radius 2 is 2.00 bits per heavy atom. The fourth-order valence-electron chi connectivity index (χ4n) is 1.97. The molecule has 2 aromatic heterocycles. The molecule has 0 unspecified atom stereocenters. The number of aromatic nitrogens is 1. The molecule has 1 aromatic carbocycles. The third kappa shape index (κ3) is 3.54. The normalized spacial score (nSPS) is 9.87. The second kappa shape index (κ2) is 6.73. The molecular weight excluding hydrogens is 308 g/mol. The minimum absolute atomic E-state index is 0.178. The maximum atomic E-state index is 11.9. The first-order valence-electron chi connectivity index (χ1n) is 6.83. The van der Waals surface area contributed by atoms with E-state index in [-0.39, 0.29) is 5.91 Å². The predicted molar refractivity (Wildman–Crippen MR) is 90.9 cm³/mol. The van der Waals surface area contributed by atoms with E-state index in [4.69, 9.17) is 5.26 Å². The summed E-state index contributed by atoms with van der Waals surface area (Å²) in [5.74, 6) is 0.297. The van der Waals surface area contributed by atoms with E-state index in [2.05, 4.69) is 21.7 Å². The van der Waals surface area contributed by atoms with E-state index in [0.29, 0.717) is 21.9 Å². The number of thiophene rings is 1. The third-order valence-electron chi connectivity index (χ3n) is 3.08. The van der Waals surface area contributed by atoms with Crippen molar-refractivity contribution < 1.29 is 4.79 Å². The number of para-hydroxylation sites is 1. The summed E-state index contributed by atoms with van der Waals surface area (Å²) in [6, 6.07) is 16.5. The maximum absolute atomic E-state index is 11.9. The highest BCUT2D eigenvalue weighted by Gasteiger charge is 2.07. The van der Waals surface area contributed by atoms with Crippen LogP contribution in [0.25, 0.3) is 0 Å². The van der Waals surface area contributed by atoms with Gasteiger partial charge in [-0.3, -0.25) is 4.79 Å². The lowest BCUT2D eigenvalue weighted by atomic mass is 10.2. The molecule has 6 heteroatoms. The van der Waals surface area contributed by atoms with Crippen LogP contribution in [0, 0.1) is 11.3 Å². The number of nitrogens with one attached hydrogen (secondary N) is 2. The fraction of sp³-hybridized carbons (Fsp3) is 0. The number of hydrogen-bond donors (Lipinski definition) is 2. The number of amides is 1. The molecule has 0 saturated carbocycles. The molecular formula is C17H12N4OS. The standard InChI is InChI=1S/C17H12N4OS/c18-10-12-4-1-2-5-14(12)20-13-7-8-16(19-11-13)21-17(22)15-6-3-9-23-15/h1-9,11,20H,(H,19,21,22). The van der Waals surface area contributed by atoms with Crippen molar-refractivity contribution in [2.45, 2.75) is 0 Å². The van der Waals surface area contributed by atoms with Crippen molar-refractivity contribution in [2.75, 3.05) is 10.6 Å². The first-order valence-corrected chi connectivity index (χ1v) is 7.71. The van der Waals surface area contributed by atoms with Gasteiger partial charge >= 0.3 is 0 Å². The fourth-order valence-corrected chi connectivity index (χ4v) is 2.59. The highest BCUT2D eigenvalue weighted by molar-refractivity contribution is 7.12. The van der Waals surface area contributed by atoms with Crippen molar-refractivity contribution in [3.63, 3.8) is 0 Å². The number of pyridine rings is 1. The van der Waals surface area contributed by atoms with Gasteiger partial charge in [0.25, 0.3) is 5.91 Å². The van der Waals surface area contributed by atoms with Gasteiger partial charge in [-0.25, -0.2) is 4.98 Å². The number of nitrogens with zero attached hydrogens (tertiary/aromatic N) is 2. The molecule has 112 valence electrons. The monoisotopic (exact) mass is 320 g/mol. The van der Waals surface area contributed by atoms with Crippen molar-refractivity contribution >= 4 is 34.4 Å². The Bertz CT molecular complexity index is 851. The summed E-state index contributed by atoms with van der Waals surface area (Å²) in [4.78, 5) is 16.8. The van der Waals surface area contributed by atoms with Crippen molar-refractivity contribution in [3.8, 4) is 6.07 Å². The average molecular weight is 320 g/mol.